The Bertz CT molecular complexity index is 2830. The molecular weight excluding hydrogens is 977 g/mol. The van der Waals surface area contributed by atoms with Gasteiger partial charge in [-0.15, -0.1) is 0 Å². The molecule has 1 aliphatic heterocycles. The highest BCUT2D eigenvalue weighted by Crippen LogP contribution is 2.42. The predicted octanol–water partition coefficient (Wildman–Crippen LogP) is 3.87. The quantitative estimate of drug-likeness (QED) is 0.0130. The van der Waals surface area contributed by atoms with E-state index >= 15 is 0 Å². The Balaban J connectivity index is 1.27. The summed E-state index contributed by atoms with van der Waals surface area (Å²) in [7, 11) is 0. The van der Waals surface area contributed by atoms with Crippen molar-refractivity contribution >= 4 is 52.4 Å². The van der Waals surface area contributed by atoms with Gasteiger partial charge >= 0.3 is 5.97 Å². The fourth-order valence-electron chi connectivity index (χ4n) is 8.96. The molecule has 21 heteroatoms. The Morgan fingerprint density at radius 1 is 0.645 bits per heavy atom. The molecule has 76 heavy (non-hydrogen) atoms. The molecule has 1 aliphatic carbocycles. The predicted molar refractivity (Wildman–Crippen MR) is 290 cm³/mol. The van der Waals surface area contributed by atoms with Gasteiger partial charge in [-0.05, 0) is 130 Å². The highest BCUT2D eigenvalue weighted by atomic mass is 16.4. The summed E-state index contributed by atoms with van der Waals surface area (Å²) in [4.78, 5) is 97.0. The Kier molecular flexibility index (Phi) is 23.0. The van der Waals surface area contributed by atoms with E-state index in [1.807, 2.05) is 6.92 Å². The van der Waals surface area contributed by atoms with Gasteiger partial charge < -0.3 is 69.3 Å². The van der Waals surface area contributed by atoms with Gasteiger partial charge in [0.1, 0.15) is 22.8 Å². The number of aliphatic imine (C=N–C) groups is 1. The van der Waals surface area contributed by atoms with Crippen molar-refractivity contribution in [3.05, 3.63) is 106 Å². The lowest BCUT2D eigenvalue weighted by Crippen LogP contribution is -2.45. The number of hydrogen-bond acceptors (Lipinski definition) is 13. The molecule has 0 bridgehead atoms. The fourth-order valence-corrected chi connectivity index (χ4v) is 8.96. The summed E-state index contributed by atoms with van der Waals surface area (Å²) < 4.78 is 5.95. The van der Waals surface area contributed by atoms with E-state index < -0.39 is 41.8 Å². The number of aromatic hydroxyl groups is 2. The lowest BCUT2D eigenvalue weighted by atomic mass is 9.89. The van der Waals surface area contributed by atoms with Crippen molar-refractivity contribution in [1.82, 2.24) is 26.6 Å². The molecule has 4 atom stereocenters. The molecule has 0 aromatic heterocycles. The van der Waals surface area contributed by atoms with Crippen molar-refractivity contribution in [2.75, 3.05) is 26.2 Å². The zero-order chi connectivity index (χ0) is 55.1. The number of amides is 5. The first-order valence-electron chi connectivity index (χ1n) is 25.7. The number of nitrogens with one attached hydrogen (secondary N) is 5. The highest BCUT2D eigenvalue weighted by molar-refractivity contribution is 6.09. The molecule has 0 spiro atoms. The van der Waals surface area contributed by atoms with Crippen LogP contribution in [0.2, 0.25) is 0 Å². The average Bonchev–Trinajstić information content (AvgIpc) is 3.40. The molecule has 21 nitrogen and oxygen atoms in total. The second-order valence-corrected chi connectivity index (χ2v) is 18.9. The van der Waals surface area contributed by atoms with Crippen LogP contribution in [0.4, 0.5) is 0 Å². The Hall–Kier alpha value is -8.04. The van der Waals surface area contributed by atoms with E-state index in [9.17, 15) is 48.9 Å². The molecule has 16 N–H and O–H groups in total. The van der Waals surface area contributed by atoms with E-state index in [2.05, 4.69) is 31.6 Å². The van der Waals surface area contributed by atoms with Crippen LogP contribution in [0.5, 0.6) is 11.5 Å². The summed E-state index contributed by atoms with van der Waals surface area (Å²) in [5.41, 5.74) is 23.6. The number of carboxylic acids is 1. The minimum Gasteiger partial charge on any atom is -0.508 e. The van der Waals surface area contributed by atoms with Gasteiger partial charge in [0.25, 0.3) is 5.91 Å². The van der Waals surface area contributed by atoms with E-state index in [0.717, 1.165) is 25.7 Å². The Labute approximate surface area is 441 Å². The van der Waals surface area contributed by atoms with E-state index in [1.165, 1.54) is 60.7 Å². The van der Waals surface area contributed by atoms with Crippen LogP contribution in [0.1, 0.15) is 117 Å². The maximum absolute atomic E-state index is 14.2. The summed E-state index contributed by atoms with van der Waals surface area (Å²) in [5.74, 6) is -3.55. The Morgan fingerprint density at radius 3 is 1.91 bits per heavy atom. The third-order valence-corrected chi connectivity index (χ3v) is 12.8. The molecule has 408 valence electrons. The first-order valence-corrected chi connectivity index (χ1v) is 25.7. The van der Waals surface area contributed by atoms with Crippen LogP contribution >= 0.6 is 0 Å². The molecule has 0 saturated carbocycles. The minimum absolute atomic E-state index is 0.00825. The minimum atomic E-state index is -1.30. The maximum atomic E-state index is 14.2. The molecule has 5 amide bonds. The number of aromatic carboxylic acids is 1. The number of fused-ring (bicyclic) bond motifs is 2. The number of phenolic OH excluding ortho intramolecular Hbond substituents is 2. The van der Waals surface area contributed by atoms with E-state index in [1.54, 1.807) is 18.2 Å². The van der Waals surface area contributed by atoms with Gasteiger partial charge in [0.2, 0.25) is 23.6 Å². The van der Waals surface area contributed by atoms with Gasteiger partial charge in [-0.25, -0.2) is 4.79 Å². The first-order chi connectivity index (χ1) is 36.5. The molecule has 0 radical (unpaired) electrons. The van der Waals surface area contributed by atoms with Gasteiger partial charge in [0.05, 0.1) is 5.56 Å². The van der Waals surface area contributed by atoms with Crippen LogP contribution in [0, 0.1) is 0 Å². The van der Waals surface area contributed by atoms with E-state index in [4.69, 9.17) is 27.4 Å². The van der Waals surface area contributed by atoms with Crippen LogP contribution in [-0.4, -0.2) is 107 Å². The number of carboxylic acid groups (broad SMARTS) is 1. The number of benzene rings is 4. The van der Waals surface area contributed by atoms with Crippen molar-refractivity contribution in [3.8, 4) is 33.9 Å². The summed E-state index contributed by atoms with van der Waals surface area (Å²) in [6, 6.07) is 16.6. The zero-order valence-corrected chi connectivity index (χ0v) is 42.9. The van der Waals surface area contributed by atoms with Gasteiger partial charge in [-0.3, -0.25) is 33.8 Å². The standard InChI is InChI=1S/C55H72N10O11/c1-2-35(8-3-5-22-56)62-50(71)28-36(9-4-6-23-57)64-51(72)29-37(10-7-24-61-55(58)59)63-48(69)21-25-60-49(70)30-38(26-33-11-14-39(66)15-12-33)65-53(73)34-13-18-42(54(74)75)45(27-34)52-43-19-16-40(67)31-46(43)76-47-32-41(68)17-20-44(47)52/h11-20,27,31-32,35-38,66-67H,2-10,21-26,28-30,56-57H2,1H3,(H,60,70)(H,62,71)(H,63,69)(H,64,72)(H,65,73)(H,74,75)(H4,58,59,61)/t35-,36+,37+,38+/m1/s1. The zero-order valence-electron chi connectivity index (χ0n) is 42.9. The first kappa shape index (κ1) is 58.8. The summed E-state index contributed by atoms with van der Waals surface area (Å²) in [5, 5.41) is 45.6. The number of carbonyl (C=O) groups excluding carboxylic acids is 5. The van der Waals surface area contributed by atoms with Gasteiger partial charge in [0.15, 0.2) is 11.4 Å². The van der Waals surface area contributed by atoms with Gasteiger partial charge in [-0.2, -0.15) is 0 Å². The SMILES string of the molecule is CC[C@H](CCCCN)NC(=O)C[C@H](CCCCN)NC(=O)C[C@H](CCCN=C(N)N)NC(=O)CCNC(=O)C[C@H](Cc1ccc(O)cc1)NC(=O)c1ccc(C(=O)O)c(-c2c3ccc(=O)cc-3oc3cc(O)ccc23)c1. The van der Waals surface area contributed by atoms with Crippen molar-refractivity contribution in [3.63, 3.8) is 0 Å². The van der Waals surface area contributed by atoms with Crippen molar-refractivity contribution in [2.24, 2.45) is 27.9 Å². The second kappa shape index (κ2) is 29.7. The smallest absolute Gasteiger partial charge is 0.336 e. The number of carbonyl (C=O) groups is 6. The van der Waals surface area contributed by atoms with E-state index in [-0.39, 0.29) is 114 Å². The van der Waals surface area contributed by atoms with Crippen molar-refractivity contribution < 1.29 is 48.5 Å². The van der Waals surface area contributed by atoms with Crippen LogP contribution in [-0.2, 0) is 25.6 Å². The maximum Gasteiger partial charge on any atom is 0.336 e. The monoisotopic (exact) mass is 1050 g/mol. The van der Waals surface area contributed by atoms with Crippen LogP contribution in [0.3, 0.4) is 0 Å². The third kappa shape index (κ3) is 18.7. The number of nitrogens with zero attached hydrogens (tertiary/aromatic N) is 1. The number of nitrogens with two attached hydrogens (primary N) is 4. The molecule has 0 saturated heterocycles. The Morgan fingerprint density at radius 2 is 1.26 bits per heavy atom. The van der Waals surface area contributed by atoms with Crippen molar-refractivity contribution in [2.45, 2.75) is 121 Å². The number of guanidine groups is 1. The lowest BCUT2D eigenvalue weighted by Gasteiger charge is -2.23. The molecular formula is C55H72N10O11. The van der Waals surface area contributed by atoms with Crippen LogP contribution in [0.25, 0.3) is 33.4 Å². The molecule has 1 heterocycles. The molecule has 3 aromatic rings. The number of phenols is 2. The van der Waals surface area contributed by atoms with Crippen molar-refractivity contribution in [1.29, 1.82) is 0 Å². The third-order valence-electron chi connectivity index (χ3n) is 12.8. The highest BCUT2D eigenvalue weighted by Gasteiger charge is 2.26. The summed E-state index contributed by atoms with van der Waals surface area (Å²) in [6.45, 7) is 3.20. The molecule has 5 rings (SSSR count). The summed E-state index contributed by atoms with van der Waals surface area (Å²) >= 11 is 0. The van der Waals surface area contributed by atoms with Crippen LogP contribution < -0.4 is 54.9 Å². The second-order valence-electron chi connectivity index (χ2n) is 18.9. The average molecular weight is 1050 g/mol. The number of rotatable bonds is 31. The van der Waals surface area contributed by atoms with Gasteiger partial charge in [0, 0.05) is 97.1 Å². The van der Waals surface area contributed by atoms with E-state index in [0.29, 0.717) is 67.3 Å². The lowest BCUT2D eigenvalue weighted by molar-refractivity contribution is -0.124. The molecule has 2 aliphatic rings. The van der Waals surface area contributed by atoms with Crippen LogP contribution in [0.15, 0.2) is 93.1 Å². The van der Waals surface area contributed by atoms with Gasteiger partial charge in [-0.1, -0.05) is 31.9 Å². The molecule has 0 fully saturated rings. The molecule has 3 aromatic carbocycles. The number of hydrogen-bond donors (Lipinski definition) is 12. The largest absolute Gasteiger partial charge is 0.508 e. The topological polar surface area (TPSA) is 370 Å². The fraction of sp³-hybridized carbons (Fsp3) is 0.418. The normalized spacial score (nSPS) is 12.7. The number of unbranched alkanes of at least 4 members (excludes halogenated alkanes) is 2. The summed E-state index contributed by atoms with van der Waals surface area (Å²) in [6.07, 6.45) is 5.70. The molecule has 0 unspecified atom stereocenters.